The van der Waals surface area contributed by atoms with Gasteiger partial charge in [-0.3, -0.25) is 9.69 Å². The Balaban J connectivity index is 1.58. The van der Waals surface area contributed by atoms with E-state index in [9.17, 15) is 18.4 Å². The highest BCUT2D eigenvalue weighted by molar-refractivity contribution is 5.86. The van der Waals surface area contributed by atoms with E-state index in [0.717, 1.165) is 32.1 Å². The Morgan fingerprint density at radius 2 is 1.62 bits per heavy atom. The average molecular weight is 416 g/mol. The first kappa shape index (κ1) is 22.2. The lowest BCUT2D eigenvalue weighted by Crippen LogP contribution is -2.62. The Bertz CT molecular complexity index is 586. The number of piperidine rings is 1. The van der Waals surface area contributed by atoms with Crippen LogP contribution < -0.4 is 5.32 Å². The summed E-state index contributed by atoms with van der Waals surface area (Å²) in [4.78, 5) is 29.3. The number of nitrogens with zero attached hydrogens (tertiary/aromatic N) is 2. The van der Waals surface area contributed by atoms with E-state index in [1.54, 1.807) is 25.7 Å². The molecule has 2 amide bonds. The van der Waals surface area contributed by atoms with Crippen molar-refractivity contribution in [1.82, 2.24) is 15.1 Å². The average Bonchev–Trinajstić information content (AvgIpc) is 2.63. The smallest absolute Gasteiger partial charge is 0.408 e. The molecule has 0 aromatic rings. The molecule has 0 aromatic heterocycles. The first-order chi connectivity index (χ1) is 13.5. The van der Waals surface area contributed by atoms with Crippen molar-refractivity contribution in [2.45, 2.75) is 89.3 Å². The third-order valence-corrected chi connectivity index (χ3v) is 6.22. The zero-order chi connectivity index (χ0) is 21.2. The van der Waals surface area contributed by atoms with Gasteiger partial charge in [0.05, 0.1) is 13.1 Å². The summed E-state index contributed by atoms with van der Waals surface area (Å²) in [7, 11) is 0. The third-order valence-electron chi connectivity index (χ3n) is 6.22. The van der Waals surface area contributed by atoms with E-state index in [0.29, 0.717) is 25.9 Å². The minimum atomic E-state index is -2.56. The van der Waals surface area contributed by atoms with Crippen molar-refractivity contribution in [3.05, 3.63) is 0 Å². The summed E-state index contributed by atoms with van der Waals surface area (Å²) in [5, 5.41) is 2.85. The third kappa shape index (κ3) is 6.03. The summed E-state index contributed by atoms with van der Waals surface area (Å²) in [5.41, 5.74) is -0.623. The maximum atomic E-state index is 13.3. The fourth-order valence-corrected chi connectivity index (χ4v) is 4.74. The monoisotopic (exact) mass is 415 g/mol. The molecule has 1 N–H and O–H groups in total. The molecule has 0 spiro atoms. The zero-order valence-corrected chi connectivity index (χ0v) is 17.9. The van der Waals surface area contributed by atoms with Gasteiger partial charge in [0, 0.05) is 19.1 Å². The molecule has 1 saturated carbocycles. The molecule has 166 valence electrons. The summed E-state index contributed by atoms with van der Waals surface area (Å²) in [6.45, 7) is 6.15. The van der Waals surface area contributed by atoms with Gasteiger partial charge in [-0.15, -0.1) is 0 Å². The maximum Gasteiger partial charge on any atom is 0.408 e. The van der Waals surface area contributed by atoms with Crippen LogP contribution in [0.3, 0.4) is 0 Å². The Hall–Kier alpha value is -1.44. The molecule has 1 atom stereocenters. The number of amides is 2. The minimum absolute atomic E-state index is 0.0600. The SMILES string of the molecule is CC(C)(C)OC(=O)N[C@H](C(=O)N1CCC(N2CC(F)(F)C2)CC1)C1CCCCC1. The van der Waals surface area contributed by atoms with Crippen molar-refractivity contribution in [2.75, 3.05) is 26.2 Å². The van der Waals surface area contributed by atoms with Crippen LogP contribution in [-0.4, -0.2) is 71.6 Å². The van der Waals surface area contributed by atoms with Gasteiger partial charge in [-0.25, -0.2) is 13.6 Å². The van der Waals surface area contributed by atoms with Crippen molar-refractivity contribution in [3.63, 3.8) is 0 Å². The number of halogens is 2. The quantitative estimate of drug-likeness (QED) is 0.765. The number of alkyl halides is 2. The molecule has 3 fully saturated rings. The second-order valence-corrected chi connectivity index (χ2v) is 9.84. The number of hydrogen-bond acceptors (Lipinski definition) is 4. The number of likely N-dealkylation sites (tertiary alicyclic amines) is 2. The molecule has 3 rings (SSSR count). The molecule has 0 unspecified atom stereocenters. The van der Waals surface area contributed by atoms with Crippen LogP contribution in [0.25, 0.3) is 0 Å². The maximum absolute atomic E-state index is 13.3. The Morgan fingerprint density at radius 3 is 2.14 bits per heavy atom. The van der Waals surface area contributed by atoms with Gasteiger partial charge < -0.3 is 15.0 Å². The molecule has 2 heterocycles. The zero-order valence-electron chi connectivity index (χ0n) is 17.9. The lowest BCUT2D eigenvalue weighted by Gasteiger charge is -2.47. The van der Waals surface area contributed by atoms with Crippen LogP contribution in [0, 0.1) is 5.92 Å². The molecular formula is C21H35F2N3O3. The molecule has 3 aliphatic rings. The van der Waals surface area contributed by atoms with Crippen LogP contribution in [-0.2, 0) is 9.53 Å². The molecule has 6 nitrogen and oxygen atoms in total. The van der Waals surface area contributed by atoms with E-state index in [-0.39, 0.29) is 31.0 Å². The van der Waals surface area contributed by atoms with E-state index in [1.807, 2.05) is 4.90 Å². The van der Waals surface area contributed by atoms with E-state index in [4.69, 9.17) is 4.74 Å². The number of carbonyl (C=O) groups excluding carboxylic acids is 2. The van der Waals surface area contributed by atoms with E-state index in [1.165, 1.54) is 0 Å². The molecule has 8 heteroatoms. The first-order valence-corrected chi connectivity index (χ1v) is 10.9. The summed E-state index contributed by atoms with van der Waals surface area (Å²) in [5.74, 6) is -2.50. The van der Waals surface area contributed by atoms with Gasteiger partial charge in [0.1, 0.15) is 11.6 Å². The van der Waals surface area contributed by atoms with Gasteiger partial charge in [0.2, 0.25) is 5.91 Å². The molecule has 0 bridgehead atoms. The van der Waals surface area contributed by atoms with Gasteiger partial charge in [-0.1, -0.05) is 19.3 Å². The van der Waals surface area contributed by atoms with Gasteiger partial charge in [0.25, 0.3) is 5.92 Å². The predicted octanol–water partition coefficient (Wildman–Crippen LogP) is 3.40. The van der Waals surface area contributed by atoms with Crippen molar-refractivity contribution in [2.24, 2.45) is 5.92 Å². The molecule has 1 aliphatic carbocycles. The molecule has 0 aromatic carbocycles. The Labute approximate surface area is 172 Å². The van der Waals surface area contributed by atoms with Crippen molar-refractivity contribution < 1.29 is 23.1 Å². The number of rotatable bonds is 4. The topological polar surface area (TPSA) is 61.9 Å². The summed E-state index contributed by atoms with van der Waals surface area (Å²) >= 11 is 0. The normalized spacial score (nSPS) is 25.2. The van der Waals surface area contributed by atoms with Crippen LogP contribution in [0.15, 0.2) is 0 Å². The van der Waals surface area contributed by atoms with Gasteiger partial charge in [0.15, 0.2) is 0 Å². The Morgan fingerprint density at radius 1 is 1.03 bits per heavy atom. The molecule has 2 aliphatic heterocycles. The van der Waals surface area contributed by atoms with Crippen molar-refractivity contribution in [1.29, 1.82) is 0 Å². The van der Waals surface area contributed by atoms with Crippen molar-refractivity contribution >= 4 is 12.0 Å². The van der Waals surface area contributed by atoms with Crippen LogP contribution in [0.5, 0.6) is 0 Å². The molecular weight excluding hydrogens is 380 g/mol. The van der Waals surface area contributed by atoms with Crippen LogP contribution in [0.2, 0.25) is 0 Å². The predicted molar refractivity (Wildman–Crippen MR) is 106 cm³/mol. The van der Waals surface area contributed by atoms with Gasteiger partial charge in [-0.05, 0) is 52.4 Å². The largest absolute Gasteiger partial charge is 0.444 e. The summed E-state index contributed by atoms with van der Waals surface area (Å²) < 4.78 is 31.7. The van der Waals surface area contributed by atoms with E-state index in [2.05, 4.69) is 5.32 Å². The van der Waals surface area contributed by atoms with E-state index < -0.39 is 23.7 Å². The Kier molecular flexibility index (Phi) is 6.70. The molecule has 2 saturated heterocycles. The molecule has 29 heavy (non-hydrogen) atoms. The highest BCUT2D eigenvalue weighted by Crippen LogP contribution is 2.33. The van der Waals surface area contributed by atoms with E-state index >= 15 is 0 Å². The van der Waals surface area contributed by atoms with Crippen molar-refractivity contribution in [3.8, 4) is 0 Å². The second kappa shape index (κ2) is 8.74. The van der Waals surface area contributed by atoms with Crippen LogP contribution >= 0.6 is 0 Å². The summed E-state index contributed by atoms with van der Waals surface area (Å²) in [6.07, 6.45) is 5.98. The lowest BCUT2D eigenvalue weighted by atomic mass is 9.83. The number of nitrogens with one attached hydrogen (secondary N) is 1. The number of ether oxygens (including phenoxy) is 1. The highest BCUT2D eigenvalue weighted by atomic mass is 19.3. The fraction of sp³-hybridized carbons (Fsp3) is 0.905. The fourth-order valence-electron chi connectivity index (χ4n) is 4.74. The number of alkyl carbamates (subject to hydrolysis) is 1. The number of hydrogen-bond donors (Lipinski definition) is 1. The van der Waals surface area contributed by atoms with Crippen LogP contribution in [0.4, 0.5) is 13.6 Å². The van der Waals surface area contributed by atoms with Crippen LogP contribution in [0.1, 0.15) is 65.7 Å². The highest BCUT2D eigenvalue weighted by Gasteiger charge is 2.47. The lowest BCUT2D eigenvalue weighted by molar-refractivity contribution is -0.155. The second-order valence-electron chi connectivity index (χ2n) is 9.84. The number of carbonyl (C=O) groups is 2. The van der Waals surface area contributed by atoms with Gasteiger partial charge >= 0.3 is 6.09 Å². The minimum Gasteiger partial charge on any atom is -0.444 e. The standard InChI is InChI=1S/C21H35F2N3O3/c1-20(2,3)29-19(28)24-17(15-7-5-4-6-8-15)18(27)25-11-9-16(10-12-25)26-13-21(22,23)14-26/h15-17H,4-14H2,1-3H3,(H,24,28)/t17-/m0/s1. The summed E-state index contributed by atoms with van der Waals surface area (Å²) in [6, 6.07) is -0.458. The first-order valence-electron chi connectivity index (χ1n) is 10.9. The molecule has 0 radical (unpaired) electrons. The van der Waals surface area contributed by atoms with Gasteiger partial charge in [-0.2, -0.15) is 0 Å².